The van der Waals surface area contributed by atoms with Crippen molar-refractivity contribution in [2.45, 2.75) is 57.5 Å². The number of anilines is 1. The average Bonchev–Trinajstić information content (AvgIpc) is 2.74. The molecule has 1 fully saturated rings. The van der Waals surface area contributed by atoms with Gasteiger partial charge in [-0.1, -0.05) is 24.3 Å². The highest BCUT2D eigenvalue weighted by atomic mass is 16.5. The van der Waals surface area contributed by atoms with Crippen molar-refractivity contribution in [3.05, 3.63) is 48.2 Å². The zero-order valence-corrected chi connectivity index (χ0v) is 17.9. The molecule has 3 rings (SSSR count). The minimum absolute atomic E-state index is 0.220. The van der Waals surface area contributed by atoms with E-state index >= 15 is 0 Å². The number of methoxy groups -OCH3 is 1. The number of nitrogens with zero attached hydrogens (tertiary/aromatic N) is 1. The molecular formula is C24H30N2O4. The third kappa shape index (κ3) is 5.45. The number of hydrogen-bond donors (Lipinski definition) is 2. The highest BCUT2D eigenvalue weighted by molar-refractivity contribution is 5.96. The van der Waals surface area contributed by atoms with E-state index in [9.17, 15) is 9.59 Å². The number of carboxylic acids is 1. The molecule has 1 aromatic heterocycles. The molecule has 0 saturated heterocycles. The van der Waals surface area contributed by atoms with E-state index in [4.69, 9.17) is 9.84 Å². The molecule has 6 heteroatoms. The van der Waals surface area contributed by atoms with E-state index in [1.54, 1.807) is 20.0 Å². The van der Waals surface area contributed by atoms with Crippen LogP contribution in [0.5, 0.6) is 0 Å². The molecule has 1 amide bonds. The fourth-order valence-corrected chi connectivity index (χ4v) is 3.89. The summed E-state index contributed by atoms with van der Waals surface area (Å²) in [6, 6.07) is 12.2. The van der Waals surface area contributed by atoms with Crippen molar-refractivity contribution in [1.82, 2.24) is 4.98 Å². The SMILES string of the molecule is COC(C)(C)C(=O)Nc1ccc(-c2ccc(C3CCC(CC(=O)O)CC3)cc2)nc1. The number of carbonyl (C=O) groups excluding carboxylic acids is 1. The van der Waals surface area contributed by atoms with Crippen LogP contribution >= 0.6 is 0 Å². The fraction of sp³-hybridized carbons (Fsp3) is 0.458. The Kier molecular flexibility index (Phi) is 6.87. The molecule has 6 nitrogen and oxygen atoms in total. The van der Waals surface area contributed by atoms with Gasteiger partial charge in [0.25, 0.3) is 5.91 Å². The van der Waals surface area contributed by atoms with Crippen molar-refractivity contribution < 1.29 is 19.4 Å². The molecule has 160 valence electrons. The predicted octanol–water partition coefficient (Wildman–Crippen LogP) is 4.86. The number of aliphatic carboxylic acids is 1. The van der Waals surface area contributed by atoms with E-state index in [2.05, 4.69) is 34.6 Å². The first-order chi connectivity index (χ1) is 14.3. The number of nitrogens with one attached hydrogen (secondary N) is 1. The topological polar surface area (TPSA) is 88.5 Å². The number of ether oxygens (including phenoxy) is 1. The molecule has 0 spiro atoms. The zero-order chi connectivity index (χ0) is 21.7. The summed E-state index contributed by atoms with van der Waals surface area (Å²) in [4.78, 5) is 27.6. The molecule has 2 N–H and O–H groups in total. The minimum atomic E-state index is -0.902. The van der Waals surface area contributed by atoms with E-state index in [0.717, 1.165) is 36.9 Å². The van der Waals surface area contributed by atoms with Gasteiger partial charge in [0.2, 0.25) is 0 Å². The first-order valence-corrected chi connectivity index (χ1v) is 10.4. The van der Waals surface area contributed by atoms with Crippen LogP contribution in [0.4, 0.5) is 5.69 Å². The second-order valence-electron chi connectivity index (χ2n) is 8.54. The maximum Gasteiger partial charge on any atom is 0.303 e. The van der Waals surface area contributed by atoms with Gasteiger partial charge in [0.1, 0.15) is 5.60 Å². The Hall–Kier alpha value is -2.73. The maximum atomic E-state index is 12.2. The number of amides is 1. The van der Waals surface area contributed by atoms with Gasteiger partial charge in [-0.05, 0) is 69.1 Å². The van der Waals surface area contributed by atoms with Crippen LogP contribution in [0.15, 0.2) is 42.6 Å². The van der Waals surface area contributed by atoms with Crippen LogP contribution in [0.2, 0.25) is 0 Å². The number of benzene rings is 1. The van der Waals surface area contributed by atoms with Crippen molar-refractivity contribution in [3.8, 4) is 11.3 Å². The molecule has 0 unspecified atom stereocenters. The molecule has 0 atom stereocenters. The van der Waals surface area contributed by atoms with Crippen LogP contribution in [-0.2, 0) is 14.3 Å². The Morgan fingerprint density at radius 3 is 2.30 bits per heavy atom. The van der Waals surface area contributed by atoms with Gasteiger partial charge in [-0.25, -0.2) is 0 Å². The van der Waals surface area contributed by atoms with Crippen LogP contribution < -0.4 is 5.32 Å². The van der Waals surface area contributed by atoms with Crippen LogP contribution in [-0.4, -0.2) is 34.7 Å². The van der Waals surface area contributed by atoms with E-state index in [1.165, 1.54) is 12.7 Å². The van der Waals surface area contributed by atoms with Crippen LogP contribution in [0.1, 0.15) is 57.4 Å². The van der Waals surface area contributed by atoms with Crippen LogP contribution in [0.25, 0.3) is 11.3 Å². The van der Waals surface area contributed by atoms with Gasteiger partial charge < -0.3 is 15.2 Å². The fourth-order valence-electron chi connectivity index (χ4n) is 3.89. The Morgan fingerprint density at radius 2 is 1.77 bits per heavy atom. The van der Waals surface area contributed by atoms with Crippen molar-refractivity contribution in [2.75, 3.05) is 12.4 Å². The summed E-state index contributed by atoms with van der Waals surface area (Å²) in [7, 11) is 1.51. The van der Waals surface area contributed by atoms with Crippen molar-refractivity contribution in [3.63, 3.8) is 0 Å². The van der Waals surface area contributed by atoms with Gasteiger partial charge in [0, 0.05) is 19.1 Å². The van der Waals surface area contributed by atoms with Crippen molar-refractivity contribution in [2.24, 2.45) is 5.92 Å². The normalized spacial score (nSPS) is 19.3. The highest BCUT2D eigenvalue weighted by Crippen LogP contribution is 2.37. The lowest BCUT2D eigenvalue weighted by atomic mass is 9.77. The molecule has 1 saturated carbocycles. The lowest BCUT2D eigenvalue weighted by Gasteiger charge is -2.28. The Morgan fingerprint density at radius 1 is 1.10 bits per heavy atom. The summed E-state index contributed by atoms with van der Waals surface area (Å²) in [6.45, 7) is 3.43. The van der Waals surface area contributed by atoms with Crippen molar-refractivity contribution in [1.29, 1.82) is 0 Å². The quantitative estimate of drug-likeness (QED) is 0.680. The van der Waals surface area contributed by atoms with Crippen LogP contribution in [0.3, 0.4) is 0 Å². The first kappa shape index (κ1) is 22.0. The summed E-state index contributed by atoms with van der Waals surface area (Å²) < 4.78 is 5.19. The highest BCUT2D eigenvalue weighted by Gasteiger charge is 2.27. The monoisotopic (exact) mass is 410 g/mol. The van der Waals surface area contributed by atoms with Gasteiger partial charge in [0.05, 0.1) is 17.6 Å². The molecule has 2 aromatic rings. The van der Waals surface area contributed by atoms with E-state index in [-0.39, 0.29) is 12.3 Å². The number of pyridine rings is 1. The summed E-state index contributed by atoms with van der Waals surface area (Å²) >= 11 is 0. The smallest absolute Gasteiger partial charge is 0.303 e. The lowest BCUT2D eigenvalue weighted by Crippen LogP contribution is -2.38. The van der Waals surface area contributed by atoms with Crippen molar-refractivity contribution >= 4 is 17.6 Å². The summed E-state index contributed by atoms with van der Waals surface area (Å²) in [5.41, 5.74) is 2.90. The van der Waals surface area contributed by atoms with Crippen LogP contribution in [0, 0.1) is 5.92 Å². The standard InChI is InChI=1S/C24H30N2O4/c1-24(2,30-3)23(29)26-20-12-13-21(25-15-20)19-10-8-18(9-11-19)17-6-4-16(5-7-17)14-22(27)28/h8-13,15-17H,4-7,14H2,1-3H3,(H,26,29)(H,27,28). The summed E-state index contributed by atoms with van der Waals surface area (Å²) in [6.07, 6.45) is 5.98. The number of carboxylic acid groups (broad SMARTS) is 1. The Bertz CT molecular complexity index is 867. The number of hydrogen-bond acceptors (Lipinski definition) is 4. The summed E-state index contributed by atoms with van der Waals surface area (Å²) in [5.74, 6) is -0.0975. The molecule has 1 heterocycles. The Balaban J connectivity index is 1.60. The largest absolute Gasteiger partial charge is 0.481 e. The summed E-state index contributed by atoms with van der Waals surface area (Å²) in [5, 5.41) is 11.8. The molecule has 0 bridgehead atoms. The van der Waals surface area contributed by atoms with E-state index < -0.39 is 11.6 Å². The molecule has 1 aromatic carbocycles. The second kappa shape index (κ2) is 9.39. The van der Waals surface area contributed by atoms with E-state index in [0.29, 0.717) is 17.5 Å². The zero-order valence-electron chi connectivity index (χ0n) is 17.9. The van der Waals surface area contributed by atoms with Gasteiger partial charge >= 0.3 is 5.97 Å². The molecule has 30 heavy (non-hydrogen) atoms. The van der Waals surface area contributed by atoms with E-state index in [1.807, 2.05) is 12.1 Å². The first-order valence-electron chi connectivity index (χ1n) is 10.4. The van der Waals surface area contributed by atoms with Gasteiger partial charge in [-0.15, -0.1) is 0 Å². The van der Waals surface area contributed by atoms with Gasteiger partial charge in [-0.3, -0.25) is 14.6 Å². The average molecular weight is 411 g/mol. The number of aromatic nitrogens is 1. The lowest BCUT2D eigenvalue weighted by molar-refractivity contribution is -0.138. The maximum absolute atomic E-state index is 12.2. The molecular weight excluding hydrogens is 380 g/mol. The van der Waals surface area contributed by atoms with Gasteiger partial charge in [-0.2, -0.15) is 0 Å². The number of carbonyl (C=O) groups is 2. The third-order valence-electron chi connectivity index (χ3n) is 6.07. The molecule has 1 aliphatic carbocycles. The molecule has 1 aliphatic rings. The Labute approximate surface area is 177 Å². The minimum Gasteiger partial charge on any atom is -0.481 e. The second-order valence-corrected chi connectivity index (χ2v) is 8.54. The molecule has 0 aliphatic heterocycles. The third-order valence-corrected chi connectivity index (χ3v) is 6.07. The number of rotatable bonds is 7. The predicted molar refractivity (Wildman–Crippen MR) is 116 cm³/mol. The van der Waals surface area contributed by atoms with Gasteiger partial charge in [0.15, 0.2) is 0 Å². The molecule has 0 radical (unpaired) electrons.